The Kier molecular flexibility index (Phi) is 4.13. The van der Waals surface area contributed by atoms with Crippen LogP contribution in [0.3, 0.4) is 0 Å². The van der Waals surface area contributed by atoms with Gasteiger partial charge in [-0.1, -0.05) is 44.7 Å². The molecule has 0 spiro atoms. The molecule has 1 aromatic carbocycles. The molecule has 0 aromatic heterocycles. The summed E-state index contributed by atoms with van der Waals surface area (Å²) in [5.74, 6) is 0.778. The van der Waals surface area contributed by atoms with Gasteiger partial charge in [-0.05, 0) is 24.5 Å². The highest BCUT2D eigenvalue weighted by Gasteiger charge is 2.18. The summed E-state index contributed by atoms with van der Waals surface area (Å²) >= 11 is 0. The number of nitrogens with one attached hydrogen (secondary N) is 1. The average molecular weight is 243 g/mol. The standard InChI is InChI=1S/C15H21N3/c1-2-3-4-5-6-7-11-8-9-12-13(10-11)15(17)18-14(12)16/h8-10H,2-7H2,1H3,(H3,16,17,18). The smallest absolute Gasteiger partial charge is 0.154 e. The van der Waals surface area contributed by atoms with Crippen LogP contribution in [0.2, 0.25) is 0 Å². The van der Waals surface area contributed by atoms with E-state index in [1.54, 1.807) is 0 Å². The highest BCUT2D eigenvalue weighted by atomic mass is 14.9. The number of benzene rings is 1. The minimum absolute atomic E-state index is 0.301. The van der Waals surface area contributed by atoms with Crippen LogP contribution < -0.4 is 5.73 Å². The Morgan fingerprint density at radius 2 is 1.89 bits per heavy atom. The highest BCUT2D eigenvalue weighted by molar-refractivity contribution is 6.20. The van der Waals surface area contributed by atoms with Gasteiger partial charge in [-0.15, -0.1) is 0 Å². The molecule has 0 saturated heterocycles. The number of aliphatic imine (C=N–C) groups is 1. The van der Waals surface area contributed by atoms with Crippen LogP contribution in [0.5, 0.6) is 0 Å². The van der Waals surface area contributed by atoms with E-state index in [1.807, 2.05) is 6.07 Å². The molecular formula is C15H21N3. The van der Waals surface area contributed by atoms with Crippen LogP contribution in [0.15, 0.2) is 23.2 Å². The first-order valence-corrected chi connectivity index (χ1v) is 6.78. The Hall–Kier alpha value is -1.64. The molecule has 3 nitrogen and oxygen atoms in total. The van der Waals surface area contributed by atoms with Gasteiger partial charge in [0.2, 0.25) is 0 Å². The highest BCUT2D eigenvalue weighted by Crippen LogP contribution is 2.20. The first kappa shape index (κ1) is 12.8. The monoisotopic (exact) mass is 243 g/mol. The molecule has 2 rings (SSSR count). The SMILES string of the molecule is CCCCCCCc1ccc2c(c1)C(=N)N=C2N. The zero-order valence-corrected chi connectivity index (χ0v) is 11.0. The number of hydrogen-bond donors (Lipinski definition) is 2. The number of unbranched alkanes of at least 4 members (excludes halogenated alkanes) is 4. The summed E-state index contributed by atoms with van der Waals surface area (Å²) in [5, 5.41) is 7.76. The van der Waals surface area contributed by atoms with Crippen LogP contribution in [-0.2, 0) is 6.42 Å². The topological polar surface area (TPSA) is 62.2 Å². The molecule has 3 N–H and O–H groups in total. The minimum Gasteiger partial charge on any atom is -0.383 e. The lowest BCUT2D eigenvalue weighted by Crippen LogP contribution is -2.10. The van der Waals surface area contributed by atoms with Gasteiger partial charge in [0.05, 0.1) is 0 Å². The van der Waals surface area contributed by atoms with Crippen LogP contribution in [0, 0.1) is 5.41 Å². The predicted octanol–water partition coefficient (Wildman–Crippen LogP) is 3.24. The van der Waals surface area contributed by atoms with Gasteiger partial charge in [-0.3, -0.25) is 5.41 Å². The van der Waals surface area contributed by atoms with Crippen molar-refractivity contribution in [2.75, 3.05) is 0 Å². The molecule has 0 unspecified atom stereocenters. The minimum atomic E-state index is 0.301. The van der Waals surface area contributed by atoms with Gasteiger partial charge in [-0.2, -0.15) is 0 Å². The Balaban J connectivity index is 1.93. The first-order valence-electron chi connectivity index (χ1n) is 6.78. The van der Waals surface area contributed by atoms with Crippen molar-refractivity contribution >= 4 is 11.7 Å². The van der Waals surface area contributed by atoms with E-state index in [2.05, 4.69) is 24.0 Å². The van der Waals surface area contributed by atoms with Crippen molar-refractivity contribution in [2.45, 2.75) is 45.4 Å². The van der Waals surface area contributed by atoms with Crippen LogP contribution in [0.1, 0.15) is 55.7 Å². The van der Waals surface area contributed by atoms with Gasteiger partial charge in [0, 0.05) is 11.1 Å². The summed E-state index contributed by atoms with van der Waals surface area (Å²) < 4.78 is 0. The largest absolute Gasteiger partial charge is 0.383 e. The van der Waals surface area contributed by atoms with Crippen LogP contribution >= 0.6 is 0 Å². The van der Waals surface area contributed by atoms with Gasteiger partial charge in [0.25, 0.3) is 0 Å². The lowest BCUT2D eigenvalue weighted by Gasteiger charge is -2.05. The lowest BCUT2D eigenvalue weighted by atomic mass is 10.00. The Labute approximate surface area is 109 Å². The normalized spacial score (nSPS) is 13.6. The number of nitrogens with two attached hydrogens (primary N) is 1. The molecule has 96 valence electrons. The van der Waals surface area contributed by atoms with E-state index in [-0.39, 0.29) is 0 Å². The maximum Gasteiger partial charge on any atom is 0.154 e. The molecule has 0 atom stereocenters. The third-order valence-electron chi connectivity index (χ3n) is 3.42. The molecule has 0 saturated carbocycles. The Morgan fingerprint density at radius 1 is 1.11 bits per heavy atom. The summed E-state index contributed by atoms with van der Waals surface area (Å²) in [4.78, 5) is 4.00. The number of rotatable bonds is 6. The third kappa shape index (κ3) is 2.78. The van der Waals surface area contributed by atoms with Crippen molar-refractivity contribution in [3.05, 3.63) is 34.9 Å². The van der Waals surface area contributed by atoms with E-state index >= 15 is 0 Å². The van der Waals surface area contributed by atoms with Crippen molar-refractivity contribution in [1.29, 1.82) is 5.41 Å². The Morgan fingerprint density at radius 3 is 2.67 bits per heavy atom. The second-order valence-corrected chi connectivity index (χ2v) is 4.89. The summed E-state index contributed by atoms with van der Waals surface area (Å²) in [6.07, 6.45) is 7.55. The molecule has 0 bridgehead atoms. The summed E-state index contributed by atoms with van der Waals surface area (Å²) in [6.45, 7) is 2.23. The summed E-state index contributed by atoms with van der Waals surface area (Å²) in [5.41, 5.74) is 8.84. The van der Waals surface area contributed by atoms with Gasteiger partial charge in [0.1, 0.15) is 5.84 Å². The third-order valence-corrected chi connectivity index (χ3v) is 3.42. The molecule has 0 radical (unpaired) electrons. The quantitative estimate of drug-likeness (QED) is 0.740. The van der Waals surface area contributed by atoms with Gasteiger partial charge >= 0.3 is 0 Å². The fourth-order valence-corrected chi connectivity index (χ4v) is 2.34. The molecule has 0 aliphatic carbocycles. The van der Waals surface area contributed by atoms with E-state index in [0.29, 0.717) is 11.7 Å². The first-order chi connectivity index (χ1) is 8.72. The molecule has 0 fully saturated rings. The summed E-state index contributed by atoms with van der Waals surface area (Å²) in [7, 11) is 0. The number of nitrogens with zero attached hydrogens (tertiary/aromatic N) is 1. The van der Waals surface area contributed by atoms with Gasteiger partial charge < -0.3 is 5.73 Å². The number of fused-ring (bicyclic) bond motifs is 1. The van der Waals surface area contributed by atoms with E-state index in [4.69, 9.17) is 11.1 Å². The van der Waals surface area contributed by atoms with Crippen LogP contribution in [0.25, 0.3) is 0 Å². The van der Waals surface area contributed by atoms with Crippen molar-refractivity contribution in [3.63, 3.8) is 0 Å². The maximum atomic E-state index is 7.76. The van der Waals surface area contributed by atoms with Crippen LogP contribution in [-0.4, -0.2) is 11.7 Å². The molecule has 1 aliphatic rings. The van der Waals surface area contributed by atoms with Crippen molar-refractivity contribution in [3.8, 4) is 0 Å². The Bertz CT molecular complexity index is 475. The summed E-state index contributed by atoms with van der Waals surface area (Å²) in [6, 6.07) is 6.18. The molecule has 3 heteroatoms. The van der Waals surface area contributed by atoms with Gasteiger partial charge in [-0.25, -0.2) is 4.99 Å². The van der Waals surface area contributed by atoms with E-state index in [0.717, 1.165) is 17.5 Å². The van der Waals surface area contributed by atoms with Crippen LogP contribution in [0.4, 0.5) is 0 Å². The number of amidine groups is 2. The molecule has 0 amide bonds. The van der Waals surface area contributed by atoms with E-state index < -0.39 is 0 Å². The second-order valence-electron chi connectivity index (χ2n) is 4.89. The van der Waals surface area contributed by atoms with E-state index in [1.165, 1.54) is 37.7 Å². The predicted molar refractivity (Wildman–Crippen MR) is 76.5 cm³/mol. The number of aryl methyl sites for hydroxylation is 1. The van der Waals surface area contributed by atoms with E-state index in [9.17, 15) is 0 Å². The zero-order chi connectivity index (χ0) is 13.0. The molecule has 18 heavy (non-hydrogen) atoms. The molecule has 1 aromatic rings. The van der Waals surface area contributed by atoms with Crippen molar-refractivity contribution in [2.24, 2.45) is 10.7 Å². The average Bonchev–Trinajstić information content (AvgIpc) is 2.65. The fraction of sp³-hybridized carbons (Fsp3) is 0.467. The van der Waals surface area contributed by atoms with Gasteiger partial charge in [0.15, 0.2) is 5.84 Å². The molecule has 1 aliphatic heterocycles. The lowest BCUT2D eigenvalue weighted by molar-refractivity contribution is 0.632. The van der Waals surface area contributed by atoms with Crippen molar-refractivity contribution < 1.29 is 0 Å². The zero-order valence-electron chi connectivity index (χ0n) is 11.0. The maximum absolute atomic E-state index is 7.76. The number of hydrogen-bond acceptors (Lipinski definition) is 2. The molecular weight excluding hydrogens is 222 g/mol. The van der Waals surface area contributed by atoms with Crippen molar-refractivity contribution in [1.82, 2.24) is 0 Å². The second kappa shape index (κ2) is 5.80. The molecule has 1 heterocycles. The fourth-order valence-electron chi connectivity index (χ4n) is 2.34.